The van der Waals surface area contributed by atoms with Gasteiger partial charge in [0.1, 0.15) is 0 Å². The van der Waals surface area contributed by atoms with Crippen LogP contribution < -0.4 is 19.5 Å². The zero-order chi connectivity index (χ0) is 19.4. The summed E-state index contributed by atoms with van der Waals surface area (Å²) in [6.45, 7) is 2.39. The van der Waals surface area contributed by atoms with E-state index in [0.29, 0.717) is 41.5 Å². The number of amides is 1. The van der Waals surface area contributed by atoms with E-state index in [9.17, 15) is 9.59 Å². The molecule has 0 aromatic heterocycles. The van der Waals surface area contributed by atoms with Crippen molar-refractivity contribution in [3.63, 3.8) is 0 Å². The summed E-state index contributed by atoms with van der Waals surface area (Å²) in [5.41, 5.74) is 3.03. The summed E-state index contributed by atoms with van der Waals surface area (Å²) in [7, 11) is 2.83. The quantitative estimate of drug-likeness (QED) is 0.753. The summed E-state index contributed by atoms with van der Waals surface area (Å²) in [4.78, 5) is 23.6. The second-order valence-corrected chi connectivity index (χ2v) is 5.79. The highest BCUT2D eigenvalue weighted by Gasteiger charge is 2.26. The Bertz CT molecular complexity index is 877. The van der Waals surface area contributed by atoms with Crippen molar-refractivity contribution >= 4 is 11.9 Å². The van der Waals surface area contributed by atoms with Crippen LogP contribution in [0.5, 0.6) is 17.2 Å². The second-order valence-electron chi connectivity index (χ2n) is 5.79. The molecule has 142 valence electrons. The molecular weight excluding hydrogens is 350 g/mol. The lowest BCUT2D eigenvalue weighted by Gasteiger charge is -2.19. The minimum absolute atomic E-state index is 0.109. The Balaban J connectivity index is 2.16. The zero-order valence-corrected chi connectivity index (χ0v) is 15.5. The van der Waals surface area contributed by atoms with Gasteiger partial charge in [0, 0.05) is 17.7 Å². The average molecular weight is 371 g/mol. The SMILES string of the molecule is CCOc1c(OC)ccc(-c2cccc3c2CNC3=O)c1OCC(=O)OC. The maximum Gasteiger partial charge on any atom is 0.343 e. The number of fused-ring (bicyclic) bond motifs is 1. The van der Waals surface area contributed by atoms with Crippen molar-refractivity contribution in [2.24, 2.45) is 0 Å². The van der Waals surface area contributed by atoms with Crippen LogP contribution in [0.4, 0.5) is 0 Å². The Labute approximate surface area is 157 Å². The number of hydrogen-bond acceptors (Lipinski definition) is 6. The van der Waals surface area contributed by atoms with Gasteiger partial charge in [-0.1, -0.05) is 12.1 Å². The van der Waals surface area contributed by atoms with Gasteiger partial charge >= 0.3 is 5.97 Å². The first-order valence-corrected chi connectivity index (χ1v) is 8.54. The lowest BCUT2D eigenvalue weighted by atomic mass is 9.95. The Hall–Kier alpha value is -3.22. The van der Waals surface area contributed by atoms with E-state index in [1.54, 1.807) is 12.1 Å². The number of rotatable bonds is 7. The van der Waals surface area contributed by atoms with E-state index in [1.165, 1.54) is 14.2 Å². The van der Waals surface area contributed by atoms with E-state index in [2.05, 4.69) is 10.1 Å². The van der Waals surface area contributed by atoms with Gasteiger partial charge in [-0.3, -0.25) is 4.79 Å². The number of ether oxygens (including phenoxy) is 4. The second kappa shape index (κ2) is 7.99. The van der Waals surface area contributed by atoms with Crippen LogP contribution in [0.3, 0.4) is 0 Å². The molecule has 0 bridgehead atoms. The van der Waals surface area contributed by atoms with Gasteiger partial charge in [-0.2, -0.15) is 0 Å². The molecule has 27 heavy (non-hydrogen) atoms. The summed E-state index contributed by atoms with van der Waals surface area (Å²) in [5.74, 6) is 0.636. The maximum atomic E-state index is 12.0. The van der Waals surface area contributed by atoms with Crippen molar-refractivity contribution in [2.75, 3.05) is 27.4 Å². The molecule has 0 saturated heterocycles. The van der Waals surface area contributed by atoms with Gasteiger partial charge in [0.15, 0.2) is 18.1 Å². The van der Waals surface area contributed by atoms with Crippen molar-refractivity contribution in [3.05, 3.63) is 41.5 Å². The van der Waals surface area contributed by atoms with E-state index in [-0.39, 0.29) is 12.5 Å². The van der Waals surface area contributed by atoms with Crippen molar-refractivity contribution in [2.45, 2.75) is 13.5 Å². The molecule has 0 fully saturated rings. The third kappa shape index (κ3) is 3.53. The molecule has 0 radical (unpaired) electrons. The molecule has 1 heterocycles. The van der Waals surface area contributed by atoms with Crippen molar-refractivity contribution < 1.29 is 28.5 Å². The van der Waals surface area contributed by atoms with Crippen LogP contribution in [0.25, 0.3) is 11.1 Å². The largest absolute Gasteiger partial charge is 0.493 e. The molecule has 1 aliphatic rings. The molecule has 7 nitrogen and oxygen atoms in total. The minimum atomic E-state index is -0.513. The molecule has 1 N–H and O–H groups in total. The van der Waals surface area contributed by atoms with Crippen LogP contribution in [-0.4, -0.2) is 39.3 Å². The first-order chi connectivity index (χ1) is 13.1. The summed E-state index contributed by atoms with van der Waals surface area (Å²) >= 11 is 0. The smallest absolute Gasteiger partial charge is 0.343 e. The Kier molecular flexibility index (Phi) is 5.49. The standard InChI is InChI=1S/C20H21NO6/c1-4-26-19-16(24-2)9-8-13(18(19)27-11-17(22)25-3)12-6-5-7-14-15(12)10-21-20(14)23/h5-9H,4,10-11H2,1-3H3,(H,21,23). The van der Waals surface area contributed by atoms with Gasteiger partial charge < -0.3 is 24.3 Å². The number of esters is 1. The monoisotopic (exact) mass is 371 g/mol. The lowest BCUT2D eigenvalue weighted by molar-refractivity contribution is -0.142. The molecule has 0 aliphatic carbocycles. The molecule has 0 unspecified atom stereocenters. The van der Waals surface area contributed by atoms with Gasteiger partial charge in [-0.25, -0.2) is 4.79 Å². The highest BCUT2D eigenvalue weighted by Crippen LogP contribution is 2.46. The third-order valence-corrected chi connectivity index (χ3v) is 4.28. The molecule has 2 aromatic carbocycles. The fraction of sp³-hybridized carbons (Fsp3) is 0.300. The first-order valence-electron chi connectivity index (χ1n) is 8.54. The van der Waals surface area contributed by atoms with Crippen LogP contribution in [0.15, 0.2) is 30.3 Å². The van der Waals surface area contributed by atoms with E-state index in [0.717, 1.165) is 11.1 Å². The maximum absolute atomic E-state index is 12.0. The molecule has 2 aromatic rings. The Morgan fingerprint density at radius 2 is 1.81 bits per heavy atom. The number of methoxy groups -OCH3 is 2. The predicted octanol–water partition coefficient (Wildman–Crippen LogP) is 2.56. The summed E-state index contributed by atoms with van der Waals surface area (Å²) in [6.07, 6.45) is 0. The van der Waals surface area contributed by atoms with Crippen LogP contribution in [0.2, 0.25) is 0 Å². The van der Waals surface area contributed by atoms with E-state index in [1.807, 2.05) is 25.1 Å². The Morgan fingerprint density at radius 1 is 1.04 bits per heavy atom. The topological polar surface area (TPSA) is 83.1 Å². The number of carbonyl (C=O) groups is 2. The molecule has 1 amide bonds. The van der Waals surface area contributed by atoms with E-state index in [4.69, 9.17) is 14.2 Å². The van der Waals surface area contributed by atoms with Gasteiger partial charge in [0.2, 0.25) is 5.75 Å². The Morgan fingerprint density at radius 3 is 2.52 bits per heavy atom. The minimum Gasteiger partial charge on any atom is -0.493 e. The molecule has 0 saturated carbocycles. The fourth-order valence-corrected chi connectivity index (χ4v) is 3.04. The molecular formula is C20H21NO6. The zero-order valence-electron chi connectivity index (χ0n) is 15.5. The fourth-order valence-electron chi connectivity index (χ4n) is 3.04. The molecule has 0 atom stereocenters. The number of benzene rings is 2. The number of carbonyl (C=O) groups excluding carboxylic acids is 2. The number of hydrogen-bond donors (Lipinski definition) is 1. The van der Waals surface area contributed by atoms with Crippen LogP contribution in [0.1, 0.15) is 22.8 Å². The van der Waals surface area contributed by atoms with Gasteiger partial charge in [0.05, 0.1) is 20.8 Å². The van der Waals surface area contributed by atoms with Crippen molar-refractivity contribution in [1.29, 1.82) is 0 Å². The van der Waals surface area contributed by atoms with Gasteiger partial charge in [-0.05, 0) is 36.2 Å². The summed E-state index contributed by atoms with van der Waals surface area (Å²) < 4.78 is 21.6. The highest BCUT2D eigenvalue weighted by molar-refractivity contribution is 6.01. The van der Waals surface area contributed by atoms with Crippen LogP contribution in [-0.2, 0) is 16.1 Å². The van der Waals surface area contributed by atoms with Crippen LogP contribution in [0, 0.1) is 0 Å². The molecule has 7 heteroatoms. The van der Waals surface area contributed by atoms with Crippen LogP contribution >= 0.6 is 0 Å². The predicted molar refractivity (Wildman–Crippen MR) is 98.3 cm³/mol. The van der Waals surface area contributed by atoms with Gasteiger partial charge in [0.25, 0.3) is 5.91 Å². The highest BCUT2D eigenvalue weighted by atomic mass is 16.6. The normalized spacial score (nSPS) is 12.2. The number of nitrogens with one attached hydrogen (secondary N) is 1. The average Bonchev–Trinajstić information content (AvgIpc) is 3.07. The van der Waals surface area contributed by atoms with Crippen molar-refractivity contribution in [3.8, 4) is 28.4 Å². The third-order valence-electron chi connectivity index (χ3n) is 4.28. The summed E-state index contributed by atoms with van der Waals surface area (Å²) in [5, 5.41) is 2.83. The molecule has 3 rings (SSSR count). The molecule has 0 spiro atoms. The summed E-state index contributed by atoms with van der Waals surface area (Å²) in [6, 6.07) is 9.10. The molecule has 1 aliphatic heterocycles. The van der Waals surface area contributed by atoms with Crippen molar-refractivity contribution in [1.82, 2.24) is 5.32 Å². The first kappa shape index (κ1) is 18.6. The van der Waals surface area contributed by atoms with E-state index >= 15 is 0 Å². The lowest BCUT2D eigenvalue weighted by Crippen LogP contribution is -2.14. The van der Waals surface area contributed by atoms with E-state index < -0.39 is 5.97 Å². The van der Waals surface area contributed by atoms with Gasteiger partial charge in [-0.15, -0.1) is 0 Å².